The molecule has 0 aliphatic heterocycles. The zero-order chi connectivity index (χ0) is 12.3. The van der Waals surface area contributed by atoms with E-state index in [0.29, 0.717) is 17.6 Å². The number of alkyl halides is 1. The summed E-state index contributed by atoms with van der Waals surface area (Å²) in [5.74, 6) is 0. The van der Waals surface area contributed by atoms with E-state index in [-0.39, 0.29) is 5.41 Å². The third-order valence-corrected chi connectivity index (χ3v) is 5.77. The van der Waals surface area contributed by atoms with Crippen LogP contribution in [0, 0.1) is 5.41 Å². The molecule has 0 amide bonds. The first-order valence-electron chi connectivity index (χ1n) is 7.52. The molecule has 0 aromatic rings. The van der Waals surface area contributed by atoms with E-state index in [9.17, 15) is 0 Å². The van der Waals surface area contributed by atoms with Gasteiger partial charge in [0.15, 0.2) is 0 Å². The molecule has 0 spiro atoms. The fourth-order valence-corrected chi connectivity index (χ4v) is 4.26. The van der Waals surface area contributed by atoms with E-state index in [1.165, 1.54) is 38.5 Å². The van der Waals surface area contributed by atoms with Gasteiger partial charge in [0.05, 0.1) is 12.2 Å². The molecule has 100 valence electrons. The Labute approximate surface area is 111 Å². The maximum atomic E-state index is 6.44. The van der Waals surface area contributed by atoms with Crippen molar-refractivity contribution in [2.75, 3.05) is 0 Å². The summed E-state index contributed by atoms with van der Waals surface area (Å²) in [7, 11) is 0. The highest BCUT2D eigenvalue weighted by atomic mass is 35.5. The summed E-state index contributed by atoms with van der Waals surface area (Å²) in [5, 5.41) is 0.341. The van der Waals surface area contributed by atoms with E-state index in [1.807, 2.05) is 0 Å². The average Bonchev–Trinajstić information content (AvgIpc) is 2.59. The summed E-state index contributed by atoms with van der Waals surface area (Å²) < 4.78 is 6.39. The standard InChI is InChI=1S/C15H27ClO/c1-3-15(4-2)13(16)11-14(15)17-12-9-7-5-6-8-10-12/h12-14H,3-11H2,1-2H3. The van der Waals surface area contributed by atoms with Gasteiger partial charge in [-0.1, -0.05) is 39.5 Å². The Balaban J connectivity index is 1.90. The molecule has 2 rings (SSSR count). The Bertz CT molecular complexity index is 229. The third-order valence-electron chi connectivity index (χ3n) is 5.16. The van der Waals surface area contributed by atoms with Gasteiger partial charge in [0.1, 0.15) is 0 Å². The van der Waals surface area contributed by atoms with Gasteiger partial charge in [0.2, 0.25) is 0 Å². The molecule has 0 aromatic carbocycles. The predicted molar refractivity (Wildman–Crippen MR) is 73.6 cm³/mol. The fraction of sp³-hybridized carbons (Fsp3) is 1.00. The second-order valence-corrected chi connectivity index (χ2v) is 6.41. The zero-order valence-corrected chi connectivity index (χ0v) is 12.1. The Morgan fingerprint density at radius 2 is 1.65 bits per heavy atom. The first kappa shape index (κ1) is 13.7. The van der Waals surface area contributed by atoms with E-state index in [1.54, 1.807) is 0 Å². The van der Waals surface area contributed by atoms with Crippen molar-refractivity contribution in [1.82, 2.24) is 0 Å². The van der Waals surface area contributed by atoms with Crippen molar-refractivity contribution in [3.63, 3.8) is 0 Å². The topological polar surface area (TPSA) is 9.23 Å². The number of hydrogen-bond donors (Lipinski definition) is 0. The van der Waals surface area contributed by atoms with Crippen LogP contribution in [-0.4, -0.2) is 17.6 Å². The smallest absolute Gasteiger partial charge is 0.0663 e. The Kier molecular flexibility index (Phi) is 4.77. The monoisotopic (exact) mass is 258 g/mol. The van der Waals surface area contributed by atoms with Gasteiger partial charge in [-0.3, -0.25) is 0 Å². The van der Waals surface area contributed by atoms with Crippen molar-refractivity contribution in [2.45, 2.75) is 89.2 Å². The van der Waals surface area contributed by atoms with Gasteiger partial charge in [-0.15, -0.1) is 11.6 Å². The lowest BCUT2D eigenvalue weighted by molar-refractivity contribution is -0.145. The lowest BCUT2D eigenvalue weighted by atomic mass is 9.62. The number of hydrogen-bond acceptors (Lipinski definition) is 1. The molecule has 0 aromatic heterocycles. The van der Waals surface area contributed by atoms with Crippen LogP contribution in [0.3, 0.4) is 0 Å². The molecule has 2 fully saturated rings. The molecule has 2 atom stereocenters. The third kappa shape index (κ3) is 2.66. The Hall–Kier alpha value is 0.250. The van der Waals surface area contributed by atoms with Crippen molar-refractivity contribution in [3.8, 4) is 0 Å². The van der Waals surface area contributed by atoms with Gasteiger partial charge < -0.3 is 4.74 Å². The van der Waals surface area contributed by atoms with Crippen LogP contribution in [-0.2, 0) is 4.74 Å². The van der Waals surface area contributed by atoms with Crippen LogP contribution in [0.2, 0.25) is 0 Å². The number of halogens is 1. The summed E-state index contributed by atoms with van der Waals surface area (Å²) in [6, 6.07) is 0. The largest absolute Gasteiger partial charge is 0.374 e. The lowest BCUT2D eigenvalue weighted by Crippen LogP contribution is -2.56. The molecule has 0 heterocycles. The summed E-state index contributed by atoms with van der Waals surface area (Å²) >= 11 is 6.44. The SMILES string of the molecule is CCC1(CC)C(Cl)CC1OC1CCCCCC1. The van der Waals surface area contributed by atoms with Crippen LogP contribution in [0.4, 0.5) is 0 Å². The quantitative estimate of drug-likeness (QED) is 0.514. The zero-order valence-electron chi connectivity index (χ0n) is 11.4. The molecular weight excluding hydrogens is 232 g/mol. The molecule has 0 radical (unpaired) electrons. The maximum absolute atomic E-state index is 6.44. The van der Waals surface area contributed by atoms with Crippen molar-refractivity contribution in [3.05, 3.63) is 0 Å². The van der Waals surface area contributed by atoms with Gasteiger partial charge in [-0.2, -0.15) is 0 Å². The van der Waals surface area contributed by atoms with E-state index in [2.05, 4.69) is 13.8 Å². The molecule has 2 saturated carbocycles. The van der Waals surface area contributed by atoms with Gasteiger partial charge >= 0.3 is 0 Å². The first-order chi connectivity index (χ1) is 8.23. The number of rotatable bonds is 4. The molecule has 17 heavy (non-hydrogen) atoms. The molecule has 1 nitrogen and oxygen atoms in total. The summed E-state index contributed by atoms with van der Waals surface area (Å²) in [6.07, 6.45) is 12.4. The van der Waals surface area contributed by atoms with Crippen LogP contribution in [0.5, 0.6) is 0 Å². The predicted octanol–water partition coefficient (Wildman–Crippen LogP) is 4.91. The highest BCUT2D eigenvalue weighted by Gasteiger charge is 2.53. The van der Waals surface area contributed by atoms with Crippen LogP contribution in [0.1, 0.15) is 71.6 Å². The molecule has 2 aliphatic carbocycles. The highest BCUT2D eigenvalue weighted by molar-refractivity contribution is 6.21. The van der Waals surface area contributed by atoms with Gasteiger partial charge in [-0.05, 0) is 32.1 Å². The normalized spacial score (nSPS) is 34.1. The summed E-state index contributed by atoms with van der Waals surface area (Å²) in [4.78, 5) is 0. The highest BCUT2D eigenvalue weighted by Crippen LogP contribution is 2.52. The summed E-state index contributed by atoms with van der Waals surface area (Å²) in [6.45, 7) is 4.53. The van der Waals surface area contributed by atoms with Gasteiger partial charge in [-0.25, -0.2) is 0 Å². The molecule has 2 heteroatoms. The fourth-order valence-electron chi connectivity index (χ4n) is 3.65. The van der Waals surface area contributed by atoms with Gasteiger partial charge in [0, 0.05) is 10.8 Å². The van der Waals surface area contributed by atoms with Crippen LogP contribution >= 0.6 is 11.6 Å². The Morgan fingerprint density at radius 3 is 2.12 bits per heavy atom. The van der Waals surface area contributed by atoms with Crippen LogP contribution in [0.25, 0.3) is 0 Å². The molecule has 0 N–H and O–H groups in total. The first-order valence-corrected chi connectivity index (χ1v) is 7.96. The maximum Gasteiger partial charge on any atom is 0.0663 e. The molecule has 2 unspecified atom stereocenters. The van der Waals surface area contributed by atoms with Crippen molar-refractivity contribution in [2.24, 2.45) is 5.41 Å². The minimum Gasteiger partial charge on any atom is -0.374 e. The van der Waals surface area contributed by atoms with Crippen molar-refractivity contribution in [1.29, 1.82) is 0 Å². The van der Waals surface area contributed by atoms with Crippen molar-refractivity contribution >= 4 is 11.6 Å². The van der Waals surface area contributed by atoms with Crippen LogP contribution in [0.15, 0.2) is 0 Å². The van der Waals surface area contributed by atoms with E-state index >= 15 is 0 Å². The van der Waals surface area contributed by atoms with Crippen molar-refractivity contribution < 1.29 is 4.74 Å². The summed E-state index contributed by atoms with van der Waals surface area (Å²) in [5.41, 5.74) is 0.272. The van der Waals surface area contributed by atoms with E-state index in [0.717, 1.165) is 19.3 Å². The molecular formula is C15H27ClO. The molecule has 0 saturated heterocycles. The molecule has 0 bridgehead atoms. The van der Waals surface area contributed by atoms with Gasteiger partial charge in [0.25, 0.3) is 0 Å². The minimum atomic E-state index is 0.272. The lowest BCUT2D eigenvalue weighted by Gasteiger charge is -2.53. The van der Waals surface area contributed by atoms with E-state index < -0.39 is 0 Å². The second-order valence-electron chi connectivity index (χ2n) is 5.88. The van der Waals surface area contributed by atoms with E-state index in [4.69, 9.17) is 16.3 Å². The van der Waals surface area contributed by atoms with Crippen LogP contribution < -0.4 is 0 Å². The second kappa shape index (κ2) is 5.93. The minimum absolute atomic E-state index is 0.272. The Morgan fingerprint density at radius 1 is 1.06 bits per heavy atom. The molecule has 2 aliphatic rings. The number of ether oxygens (including phenoxy) is 1. The average molecular weight is 259 g/mol.